The van der Waals surface area contributed by atoms with E-state index < -0.39 is 10.0 Å². The Labute approximate surface area is 125 Å². The summed E-state index contributed by atoms with van der Waals surface area (Å²) < 4.78 is 30.2. The molecule has 1 aromatic carbocycles. The first kappa shape index (κ1) is 15.6. The Morgan fingerprint density at radius 3 is 2.71 bits per heavy atom. The van der Waals surface area contributed by atoms with Gasteiger partial charge in [-0.05, 0) is 25.0 Å². The molecule has 2 rings (SSSR count). The van der Waals surface area contributed by atoms with Crippen LogP contribution < -0.4 is 14.4 Å². The molecule has 0 heterocycles. The third-order valence-electron chi connectivity index (χ3n) is 3.30. The normalized spacial score (nSPS) is 14.6. The van der Waals surface area contributed by atoms with Crippen molar-refractivity contribution >= 4 is 21.6 Å². The summed E-state index contributed by atoms with van der Waals surface area (Å²) in [6.45, 7) is 0.490. The van der Waals surface area contributed by atoms with E-state index in [9.17, 15) is 13.2 Å². The smallest absolute Gasteiger partial charge is 0.232 e. The second-order valence-electron chi connectivity index (χ2n) is 5.10. The molecule has 6 nitrogen and oxygen atoms in total. The van der Waals surface area contributed by atoms with Gasteiger partial charge in [-0.15, -0.1) is 0 Å². The number of hydrogen-bond acceptors (Lipinski definition) is 4. The predicted octanol–water partition coefficient (Wildman–Crippen LogP) is 0.987. The lowest BCUT2D eigenvalue weighted by Gasteiger charge is -2.23. The molecule has 1 saturated carbocycles. The zero-order valence-corrected chi connectivity index (χ0v) is 13.0. The maximum Gasteiger partial charge on any atom is 0.232 e. The van der Waals surface area contributed by atoms with Gasteiger partial charge in [0.15, 0.2) is 0 Å². The lowest BCUT2D eigenvalue weighted by molar-refractivity contribution is -0.122. The van der Waals surface area contributed by atoms with Crippen molar-refractivity contribution in [2.75, 3.05) is 30.8 Å². The highest BCUT2D eigenvalue weighted by atomic mass is 32.2. The van der Waals surface area contributed by atoms with Crippen LogP contribution in [0.4, 0.5) is 5.69 Å². The summed E-state index contributed by atoms with van der Waals surface area (Å²) in [5, 5.41) is 2.77. The lowest BCUT2D eigenvalue weighted by atomic mass is 10.3. The van der Waals surface area contributed by atoms with E-state index in [0.717, 1.165) is 19.1 Å². The van der Waals surface area contributed by atoms with E-state index in [4.69, 9.17) is 4.74 Å². The predicted molar refractivity (Wildman–Crippen MR) is 80.9 cm³/mol. The van der Waals surface area contributed by atoms with E-state index in [0.29, 0.717) is 18.0 Å². The van der Waals surface area contributed by atoms with Crippen LogP contribution in [0.1, 0.15) is 12.8 Å². The number of rotatable bonds is 7. The molecular formula is C14H20N2O4S. The van der Waals surface area contributed by atoms with Crippen molar-refractivity contribution in [3.05, 3.63) is 24.3 Å². The van der Waals surface area contributed by atoms with Crippen LogP contribution in [0.15, 0.2) is 24.3 Å². The van der Waals surface area contributed by atoms with Crippen LogP contribution in [0.2, 0.25) is 0 Å². The topological polar surface area (TPSA) is 75.7 Å². The molecule has 0 aliphatic heterocycles. The first-order chi connectivity index (χ1) is 9.91. The Morgan fingerprint density at radius 2 is 2.14 bits per heavy atom. The number of carbonyl (C=O) groups is 1. The molecule has 1 amide bonds. The number of methoxy groups -OCH3 is 1. The van der Waals surface area contributed by atoms with E-state index >= 15 is 0 Å². The number of ether oxygens (including phenoxy) is 1. The highest BCUT2D eigenvalue weighted by Crippen LogP contribution is 2.28. The number of nitrogens with zero attached hydrogens (tertiary/aromatic N) is 1. The fourth-order valence-electron chi connectivity index (χ4n) is 2.02. The van der Waals surface area contributed by atoms with Gasteiger partial charge < -0.3 is 10.1 Å². The molecule has 0 saturated heterocycles. The number of nitrogens with one attached hydrogen (secondary N) is 1. The molecule has 7 heteroatoms. The van der Waals surface area contributed by atoms with Crippen molar-refractivity contribution in [1.29, 1.82) is 0 Å². The van der Waals surface area contributed by atoms with Gasteiger partial charge in [0.1, 0.15) is 5.75 Å². The number of benzene rings is 1. The monoisotopic (exact) mass is 312 g/mol. The van der Waals surface area contributed by atoms with Crippen molar-refractivity contribution in [2.45, 2.75) is 12.8 Å². The van der Waals surface area contributed by atoms with Gasteiger partial charge in [0.2, 0.25) is 15.9 Å². The molecule has 1 aliphatic rings. The largest absolute Gasteiger partial charge is 0.497 e. The van der Waals surface area contributed by atoms with Gasteiger partial charge in [0.25, 0.3) is 0 Å². The Kier molecular flexibility index (Phi) is 4.72. The molecule has 0 radical (unpaired) electrons. The third-order valence-corrected chi connectivity index (χ3v) is 4.50. The van der Waals surface area contributed by atoms with Gasteiger partial charge in [-0.1, -0.05) is 6.07 Å². The van der Waals surface area contributed by atoms with Crippen molar-refractivity contribution < 1.29 is 17.9 Å². The summed E-state index contributed by atoms with van der Waals surface area (Å²) in [4.78, 5) is 11.6. The van der Waals surface area contributed by atoms with Gasteiger partial charge in [0, 0.05) is 18.5 Å². The molecule has 1 aliphatic carbocycles. The summed E-state index contributed by atoms with van der Waals surface area (Å²) in [6.07, 6.45) is 3.00. The van der Waals surface area contributed by atoms with Crippen LogP contribution in [0, 0.1) is 5.92 Å². The zero-order valence-electron chi connectivity index (χ0n) is 12.2. The van der Waals surface area contributed by atoms with Gasteiger partial charge in [-0.25, -0.2) is 8.42 Å². The van der Waals surface area contributed by atoms with Gasteiger partial charge in [-0.3, -0.25) is 9.10 Å². The van der Waals surface area contributed by atoms with Crippen LogP contribution in [0.25, 0.3) is 0 Å². The number of sulfonamides is 1. The Morgan fingerprint density at radius 1 is 1.43 bits per heavy atom. The maximum atomic E-state index is 11.9. The average Bonchev–Trinajstić information content (AvgIpc) is 3.26. The SMILES string of the molecule is COc1cccc(N(CCNC(=O)C2CC2)S(C)(=O)=O)c1. The Bertz CT molecular complexity index is 611. The van der Waals surface area contributed by atoms with Crippen LogP contribution in [-0.2, 0) is 14.8 Å². The summed E-state index contributed by atoms with van der Waals surface area (Å²) >= 11 is 0. The zero-order chi connectivity index (χ0) is 15.5. The molecule has 0 atom stereocenters. The van der Waals surface area contributed by atoms with Crippen LogP contribution in [-0.4, -0.2) is 40.8 Å². The fourth-order valence-corrected chi connectivity index (χ4v) is 2.94. The summed E-state index contributed by atoms with van der Waals surface area (Å²) in [5.74, 6) is 0.714. The molecule has 0 bridgehead atoms. The average molecular weight is 312 g/mol. The van der Waals surface area contributed by atoms with Gasteiger partial charge in [0.05, 0.1) is 25.6 Å². The number of anilines is 1. The Hall–Kier alpha value is -1.76. The number of carbonyl (C=O) groups excluding carboxylic acids is 1. The molecule has 116 valence electrons. The van der Waals surface area contributed by atoms with E-state index in [2.05, 4.69) is 5.32 Å². The van der Waals surface area contributed by atoms with Crippen molar-refractivity contribution in [2.24, 2.45) is 5.92 Å². The first-order valence-electron chi connectivity index (χ1n) is 6.81. The molecule has 1 N–H and O–H groups in total. The summed E-state index contributed by atoms with van der Waals surface area (Å²) in [7, 11) is -1.89. The van der Waals surface area contributed by atoms with Gasteiger partial charge >= 0.3 is 0 Å². The highest BCUT2D eigenvalue weighted by molar-refractivity contribution is 7.92. The molecule has 0 aromatic heterocycles. The van der Waals surface area contributed by atoms with Crippen LogP contribution in [0.5, 0.6) is 5.75 Å². The van der Waals surface area contributed by atoms with E-state index in [1.807, 2.05) is 0 Å². The van der Waals surface area contributed by atoms with E-state index in [1.165, 1.54) is 11.4 Å². The third kappa shape index (κ3) is 4.35. The molecule has 0 spiro atoms. The minimum absolute atomic E-state index is 0.00842. The lowest BCUT2D eigenvalue weighted by Crippen LogP contribution is -2.38. The van der Waals surface area contributed by atoms with E-state index in [1.54, 1.807) is 24.3 Å². The number of hydrogen-bond donors (Lipinski definition) is 1. The molecule has 21 heavy (non-hydrogen) atoms. The first-order valence-corrected chi connectivity index (χ1v) is 8.66. The molecule has 1 aromatic rings. The van der Waals surface area contributed by atoms with Crippen LogP contribution in [0.3, 0.4) is 0 Å². The van der Waals surface area contributed by atoms with E-state index in [-0.39, 0.29) is 18.4 Å². The standard InChI is InChI=1S/C14H20N2O4S/c1-20-13-5-3-4-12(10-13)16(21(2,18)19)9-8-15-14(17)11-6-7-11/h3-5,10-11H,6-9H2,1-2H3,(H,15,17). The van der Waals surface area contributed by atoms with Crippen molar-refractivity contribution in [1.82, 2.24) is 5.32 Å². The van der Waals surface area contributed by atoms with Crippen molar-refractivity contribution in [3.8, 4) is 5.75 Å². The highest BCUT2D eigenvalue weighted by Gasteiger charge is 2.29. The summed E-state index contributed by atoms with van der Waals surface area (Å²) in [5.41, 5.74) is 0.525. The molecular weight excluding hydrogens is 292 g/mol. The Balaban J connectivity index is 2.05. The molecule has 0 unspecified atom stereocenters. The van der Waals surface area contributed by atoms with Crippen LogP contribution >= 0.6 is 0 Å². The molecule has 1 fully saturated rings. The maximum absolute atomic E-state index is 11.9. The fraction of sp³-hybridized carbons (Fsp3) is 0.500. The minimum Gasteiger partial charge on any atom is -0.497 e. The second-order valence-corrected chi connectivity index (χ2v) is 7.01. The minimum atomic E-state index is -3.42. The quantitative estimate of drug-likeness (QED) is 0.814. The number of amides is 1. The van der Waals surface area contributed by atoms with Gasteiger partial charge in [-0.2, -0.15) is 0 Å². The van der Waals surface area contributed by atoms with Crippen molar-refractivity contribution in [3.63, 3.8) is 0 Å². The summed E-state index contributed by atoms with van der Waals surface area (Å²) in [6, 6.07) is 6.84. The second kappa shape index (κ2) is 6.34.